The minimum Gasteiger partial charge on any atom is -0.329 e. The molecule has 1 atom stereocenters. The molecular formula is C27H31N5O2. The Morgan fingerprint density at radius 1 is 1.12 bits per heavy atom. The second kappa shape index (κ2) is 10.9. The fraction of sp³-hybridized carbons (Fsp3) is 0.333. The van der Waals surface area contributed by atoms with Gasteiger partial charge >= 0.3 is 0 Å². The highest BCUT2D eigenvalue weighted by Crippen LogP contribution is 2.30. The van der Waals surface area contributed by atoms with E-state index in [9.17, 15) is 9.59 Å². The van der Waals surface area contributed by atoms with Gasteiger partial charge in [0, 0.05) is 36.5 Å². The molecule has 0 saturated heterocycles. The highest BCUT2D eigenvalue weighted by atomic mass is 16.2. The molecule has 1 unspecified atom stereocenters. The number of hydrogen-bond acceptors (Lipinski definition) is 5. The lowest BCUT2D eigenvalue weighted by molar-refractivity contribution is 0.0611. The van der Waals surface area contributed by atoms with Crippen LogP contribution in [0, 0.1) is 31.1 Å². The molecule has 0 spiro atoms. The minimum atomic E-state index is -0.470. The number of carbonyl (C=O) groups is 1. The molecule has 0 radical (unpaired) electrons. The van der Waals surface area contributed by atoms with Crippen molar-refractivity contribution in [2.75, 3.05) is 13.1 Å². The van der Waals surface area contributed by atoms with Crippen LogP contribution in [-0.4, -0.2) is 33.4 Å². The van der Waals surface area contributed by atoms with E-state index in [1.54, 1.807) is 36.1 Å². The number of nitriles is 1. The van der Waals surface area contributed by atoms with E-state index in [0.29, 0.717) is 35.6 Å². The van der Waals surface area contributed by atoms with Crippen LogP contribution in [0.3, 0.4) is 0 Å². The van der Waals surface area contributed by atoms with Crippen LogP contribution >= 0.6 is 0 Å². The highest BCUT2D eigenvalue weighted by Gasteiger charge is 2.32. The zero-order valence-corrected chi connectivity index (χ0v) is 20.2. The largest absolute Gasteiger partial charge is 0.329 e. The topological polar surface area (TPSA) is 105 Å². The van der Waals surface area contributed by atoms with Gasteiger partial charge < -0.3 is 15.2 Å². The predicted octanol–water partition coefficient (Wildman–Crippen LogP) is 3.58. The Morgan fingerprint density at radius 3 is 2.32 bits per heavy atom. The summed E-state index contributed by atoms with van der Waals surface area (Å²) in [6, 6.07) is 18.1. The minimum absolute atomic E-state index is 0.0371. The molecule has 1 aromatic heterocycles. The van der Waals surface area contributed by atoms with Gasteiger partial charge in [0.1, 0.15) is 5.82 Å². The van der Waals surface area contributed by atoms with Crippen LogP contribution in [0.1, 0.15) is 58.5 Å². The molecule has 0 aliphatic carbocycles. The van der Waals surface area contributed by atoms with Gasteiger partial charge in [-0.05, 0) is 49.6 Å². The lowest BCUT2D eigenvalue weighted by Crippen LogP contribution is -2.43. The Balaban J connectivity index is 2.16. The maximum atomic E-state index is 13.6. The van der Waals surface area contributed by atoms with E-state index in [0.717, 1.165) is 11.3 Å². The van der Waals surface area contributed by atoms with E-state index in [1.807, 2.05) is 55.7 Å². The third kappa shape index (κ3) is 5.24. The van der Waals surface area contributed by atoms with Crippen molar-refractivity contribution in [2.45, 2.75) is 40.3 Å². The zero-order valence-electron chi connectivity index (χ0n) is 20.2. The normalized spacial score (nSPS) is 11.8. The van der Waals surface area contributed by atoms with Crippen LogP contribution in [-0.2, 0) is 6.54 Å². The molecule has 2 N–H and O–H groups in total. The first-order valence-corrected chi connectivity index (χ1v) is 11.4. The second-order valence-electron chi connectivity index (χ2n) is 8.72. The molecule has 176 valence electrons. The highest BCUT2D eigenvalue weighted by molar-refractivity contribution is 5.94. The lowest BCUT2D eigenvalue weighted by Gasteiger charge is -2.36. The standard InChI is InChI=1S/C27H31N5O2/c1-18(2)24(31(15-14-28)27(34)23-12-10-21(16-29)11-13-23)25-30-26(33)19(3)20(4)32(25)17-22-8-6-5-7-9-22/h5-13,18,24H,14-15,17,28H2,1-4H3. The second-order valence-corrected chi connectivity index (χ2v) is 8.72. The van der Waals surface area contributed by atoms with Gasteiger partial charge in [-0.1, -0.05) is 44.2 Å². The molecule has 0 aliphatic rings. The third-order valence-electron chi connectivity index (χ3n) is 6.07. The van der Waals surface area contributed by atoms with Gasteiger partial charge in [0.15, 0.2) is 0 Å². The first kappa shape index (κ1) is 24.9. The van der Waals surface area contributed by atoms with Gasteiger partial charge in [-0.2, -0.15) is 10.2 Å². The summed E-state index contributed by atoms with van der Waals surface area (Å²) in [7, 11) is 0. The van der Waals surface area contributed by atoms with Gasteiger partial charge in [0.25, 0.3) is 11.5 Å². The van der Waals surface area contributed by atoms with E-state index in [1.165, 1.54) is 0 Å². The molecule has 34 heavy (non-hydrogen) atoms. The number of nitrogens with two attached hydrogens (primary N) is 1. The van der Waals surface area contributed by atoms with Crippen molar-refractivity contribution in [3.63, 3.8) is 0 Å². The number of hydrogen-bond donors (Lipinski definition) is 1. The number of carbonyl (C=O) groups excluding carboxylic acids is 1. The summed E-state index contributed by atoms with van der Waals surface area (Å²) in [5.41, 5.74) is 9.06. The van der Waals surface area contributed by atoms with Crippen LogP contribution in [0.5, 0.6) is 0 Å². The molecule has 2 aromatic carbocycles. The van der Waals surface area contributed by atoms with E-state index < -0.39 is 6.04 Å². The third-order valence-corrected chi connectivity index (χ3v) is 6.07. The van der Waals surface area contributed by atoms with E-state index in [2.05, 4.69) is 11.1 Å². The summed E-state index contributed by atoms with van der Waals surface area (Å²) in [5.74, 6) is 0.291. The quantitative estimate of drug-likeness (QED) is 0.557. The lowest BCUT2D eigenvalue weighted by atomic mass is 9.98. The summed E-state index contributed by atoms with van der Waals surface area (Å²) < 4.78 is 2.03. The number of nitrogens with zero attached hydrogens (tertiary/aromatic N) is 4. The molecule has 3 rings (SSSR count). The van der Waals surface area contributed by atoms with Crippen molar-refractivity contribution in [1.82, 2.24) is 14.5 Å². The van der Waals surface area contributed by atoms with Crippen LogP contribution in [0.25, 0.3) is 0 Å². The first-order chi connectivity index (χ1) is 16.3. The molecule has 0 fully saturated rings. The number of amides is 1. The first-order valence-electron chi connectivity index (χ1n) is 11.4. The Hall–Kier alpha value is -3.76. The van der Waals surface area contributed by atoms with Crippen molar-refractivity contribution in [3.8, 4) is 6.07 Å². The van der Waals surface area contributed by atoms with E-state index in [4.69, 9.17) is 11.0 Å². The number of rotatable bonds is 8. The fourth-order valence-corrected chi connectivity index (χ4v) is 4.13. The van der Waals surface area contributed by atoms with E-state index in [-0.39, 0.29) is 23.9 Å². The Morgan fingerprint density at radius 2 is 1.76 bits per heavy atom. The van der Waals surface area contributed by atoms with Crippen LogP contribution in [0.2, 0.25) is 0 Å². The van der Waals surface area contributed by atoms with Crippen LogP contribution < -0.4 is 11.3 Å². The maximum Gasteiger partial charge on any atom is 0.276 e. The van der Waals surface area contributed by atoms with Crippen LogP contribution in [0.4, 0.5) is 0 Å². The van der Waals surface area contributed by atoms with Gasteiger partial charge in [-0.25, -0.2) is 0 Å². The predicted molar refractivity (Wildman–Crippen MR) is 132 cm³/mol. The van der Waals surface area contributed by atoms with Crippen molar-refractivity contribution in [1.29, 1.82) is 5.26 Å². The van der Waals surface area contributed by atoms with Gasteiger partial charge in [-0.15, -0.1) is 0 Å². The molecule has 1 amide bonds. The SMILES string of the molecule is Cc1c(C)n(Cc2ccccc2)c(C(C(C)C)N(CCN)C(=O)c2ccc(C#N)cc2)nc1=O. The Kier molecular flexibility index (Phi) is 7.98. The molecule has 3 aromatic rings. The number of aromatic nitrogens is 2. The maximum absolute atomic E-state index is 13.6. The van der Waals surface area contributed by atoms with Crippen molar-refractivity contribution < 1.29 is 4.79 Å². The van der Waals surface area contributed by atoms with Crippen molar-refractivity contribution >= 4 is 5.91 Å². The molecule has 0 aliphatic heterocycles. The zero-order chi connectivity index (χ0) is 24.8. The monoisotopic (exact) mass is 457 g/mol. The van der Waals surface area contributed by atoms with Gasteiger partial charge in [0.2, 0.25) is 0 Å². The number of benzene rings is 2. The van der Waals surface area contributed by atoms with E-state index >= 15 is 0 Å². The summed E-state index contributed by atoms with van der Waals surface area (Å²) in [6.45, 7) is 8.80. The summed E-state index contributed by atoms with van der Waals surface area (Å²) in [6.07, 6.45) is 0. The Bertz CT molecular complexity index is 1240. The molecule has 7 nitrogen and oxygen atoms in total. The average Bonchev–Trinajstić information content (AvgIpc) is 2.84. The molecular weight excluding hydrogens is 426 g/mol. The molecule has 0 saturated carbocycles. The fourth-order valence-electron chi connectivity index (χ4n) is 4.13. The van der Waals surface area contributed by atoms with Crippen molar-refractivity contribution in [3.05, 3.63) is 98.7 Å². The molecule has 0 bridgehead atoms. The smallest absolute Gasteiger partial charge is 0.276 e. The summed E-state index contributed by atoms with van der Waals surface area (Å²) in [4.78, 5) is 32.6. The molecule has 1 heterocycles. The van der Waals surface area contributed by atoms with Gasteiger partial charge in [-0.3, -0.25) is 9.59 Å². The summed E-state index contributed by atoms with van der Waals surface area (Å²) in [5, 5.41) is 9.09. The van der Waals surface area contributed by atoms with Crippen molar-refractivity contribution in [2.24, 2.45) is 11.7 Å². The average molecular weight is 458 g/mol. The van der Waals surface area contributed by atoms with Crippen LogP contribution in [0.15, 0.2) is 59.4 Å². The summed E-state index contributed by atoms with van der Waals surface area (Å²) >= 11 is 0. The molecule has 7 heteroatoms. The Labute approximate surface area is 200 Å². The van der Waals surface area contributed by atoms with Gasteiger partial charge in [0.05, 0.1) is 17.7 Å².